The van der Waals surface area contributed by atoms with Crippen molar-refractivity contribution in [2.75, 3.05) is 19.4 Å². The number of fused-ring (bicyclic) bond motifs is 2. The van der Waals surface area contributed by atoms with Crippen molar-refractivity contribution in [2.45, 2.75) is 25.6 Å². The number of amides is 1. The molecule has 0 bridgehead atoms. The summed E-state index contributed by atoms with van der Waals surface area (Å²) in [4.78, 5) is 26.3. The molecule has 0 radical (unpaired) electrons. The van der Waals surface area contributed by atoms with Gasteiger partial charge in [0.15, 0.2) is 0 Å². The van der Waals surface area contributed by atoms with Crippen LogP contribution in [0.3, 0.4) is 0 Å². The molecule has 5 atom stereocenters. The minimum absolute atomic E-state index is 0.134. The number of aromatic nitrogens is 4. The van der Waals surface area contributed by atoms with E-state index in [4.69, 9.17) is 0 Å². The first-order valence-electron chi connectivity index (χ1n) is 9.33. The molecule has 2 unspecified atom stereocenters. The normalized spacial score (nSPS) is 28.9. The van der Waals surface area contributed by atoms with Crippen molar-refractivity contribution < 1.29 is 40.6 Å². The van der Waals surface area contributed by atoms with Crippen LogP contribution in [0.5, 0.6) is 0 Å². The molecule has 1 saturated heterocycles. The fourth-order valence-electron chi connectivity index (χ4n) is 3.98. The Labute approximate surface area is 190 Å². The number of halogens is 2. The Morgan fingerprint density at radius 2 is 2.13 bits per heavy atom. The van der Waals surface area contributed by atoms with Crippen LogP contribution in [0.4, 0.5) is 10.2 Å². The number of nitrogens with zero attached hydrogens (tertiary/aromatic N) is 4. The minimum atomic E-state index is -1.13. The number of hydrogen-bond donors (Lipinski definition) is 4. The zero-order valence-electron chi connectivity index (χ0n) is 16.3. The molecule has 4 N–H and O–H groups in total. The molecule has 0 aromatic carbocycles. The fourth-order valence-corrected chi connectivity index (χ4v) is 8.95. The second-order valence-corrected chi connectivity index (χ2v) is 11.9. The molecule has 3 aromatic rings. The van der Waals surface area contributed by atoms with Crippen LogP contribution in [-0.4, -0.2) is 69.3 Å². The summed E-state index contributed by atoms with van der Waals surface area (Å²) in [5.74, 6) is 6.14. The van der Waals surface area contributed by atoms with E-state index in [2.05, 4.69) is 37.4 Å². The zero-order chi connectivity index (χ0) is 21.9. The van der Waals surface area contributed by atoms with E-state index >= 15 is 0 Å². The molecule has 1 aliphatic carbocycles. The van der Waals surface area contributed by atoms with E-state index in [1.807, 2.05) is 0 Å². The van der Waals surface area contributed by atoms with Crippen molar-refractivity contribution in [2.24, 2.45) is 0 Å². The van der Waals surface area contributed by atoms with E-state index in [0.717, 1.165) is 11.3 Å². The second-order valence-electron chi connectivity index (χ2n) is 7.11. The Morgan fingerprint density at radius 3 is 2.81 bits per heavy atom. The molecular weight excluding hydrogens is 538 g/mol. The van der Waals surface area contributed by atoms with E-state index in [9.17, 15) is 19.4 Å². The predicted octanol–water partition coefficient (Wildman–Crippen LogP) is -3.30. The summed E-state index contributed by atoms with van der Waals surface area (Å²) in [5, 5.41) is 26.7. The van der Waals surface area contributed by atoms with Gasteiger partial charge in [-0.1, -0.05) is 0 Å². The van der Waals surface area contributed by atoms with Gasteiger partial charge in [-0.2, -0.15) is 0 Å². The number of nitrogens with one attached hydrogen (secondary N) is 2. The van der Waals surface area contributed by atoms with Gasteiger partial charge >= 0.3 is 191 Å². The van der Waals surface area contributed by atoms with Gasteiger partial charge in [-0.15, -0.1) is 0 Å². The van der Waals surface area contributed by atoms with Crippen molar-refractivity contribution in [1.29, 1.82) is 0 Å². The number of anilines is 1. The molecule has 2 fully saturated rings. The molecule has 1 aliphatic heterocycles. The standard InChI is InChI=1S/C19H17FIN6O3S/c1-22-16-11-17(26-10(25-16)6-4-8-3-5-9(20)31-8)27(7-24-11)12-13(28)15(29)19(14(12)21-19)18(30)23-2/h3,5,7,12-15,28-29H,1-2H3,(H,23,30)(H,22,25,26)/q-1/t12-,13?,14+,15?,19+/m0/s1. The second kappa shape index (κ2) is 7.37. The van der Waals surface area contributed by atoms with E-state index in [1.165, 1.54) is 13.1 Å². The average molecular weight is 555 g/mol. The quantitative estimate of drug-likeness (QED) is 0.152. The summed E-state index contributed by atoms with van der Waals surface area (Å²) >= 11 is 0.279. The van der Waals surface area contributed by atoms with Crippen LogP contribution in [-0.2, 0) is 4.79 Å². The number of aliphatic hydroxyl groups excluding tert-OH is 2. The van der Waals surface area contributed by atoms with Crippen molar-refractivity contribution in [1.82, 2.24) is 24.8 Å². The first-order valence-corrected chi connectivity index (χ1v) is 12.5. The van der Waals surface area contributed by atoms with Crippen molar-refractivity contribution in [3.63, 3.8) is 0 Å². The van der Waals surface area contributed by atoms with Crippen LogP contribution in [0.2, 0.25) is 0 Å². The Kier molecular flexibility index (Phi) is 4.88. The first-order chi connectivity index (χ1) is 14.9. The van der Waals surface area contributed by atoms with Crippen LogP contribution in [0.15, 0.2) is 18.5 Å². The molecule has 5 rings (SSSR count). The molecule has 12 heteroatoms. The third-order valence-electron chi connectivity index (χ3n) is 5.48. The van der Waals surface area contributed by atoms with E-state index in [-0.39, 0.29) is 20.8 Å². The Morgan fingerprint density at radius 1 is 1.32 bits per heavy atom. The summed E-state index contributed by atoms with van der Waals surface area (Å²) in [6.45, 7) is 0. The number of hydrogen-bond acceptors (Lipinski definition) is 8. The van der Waals surface area contributed by atoms with Gasteiger partial charge in [-0.3, -0.25) is 0 Å². The third-order valence-corrected chi connectivity index (χ3v) is 10.8. The summed E-state index contributed by atoms with van der Waals surface area (Å²) in [7, 11) is 3.23. The molecule has 9 nitrogen and oxygen atoms in total. The van der Waals surface area contributed by atoms with Gasteiger partial charge in [0.05, 0.1) is 0 Å². The summed E-state index contributed by atoms with van der Waals surface area (Å²) in [5.41, 5.74) is 0.939. The van der Waals surface area contributed by atoms with Gasteiger partial charge in [0.25, 0.3) is 0 Å². The van der Waals surface area contributed by atoms with E-state index in [0.29, 0.717) is 21.9 Å². The summed E-state index contributed by atoms with van der Waals surface area (Å²) < 4.78 is 13.9. The van der Waals surface area contributed by atoms with Crippen LogP contribution in [0.25, 0.3) is 11.2 Å². The van der Waals surface area contributed by atoms with Gasteiger partial charge in [-0.25, -0.2) is 0 Å². The van der Waals surface area contributed by atoms with Crippen LogP contribution < -0.4 is 31.8 Å². The monoisotopic (exact) mass is 555 g/mol. The Bertz CT molecular complexity index is 1270. The number of imidazole rings is 1. The molecule has 162 valence electrons. The van der Waals surface area contributed by atoms with Gasteiger partial charge in [0.2, 0.25) is 0 Å². The van der Waals surface area contributed by atoms with Crippen molar-refractivity contribution in [3.05, 3.63) is 34.3 Å². The van der Waals surface area contributed by atoms with Crippen molar-refractivity contribution >= 4 is 34.2 Å². The fraction of sp³-hybridized carbons (Fsp3) is 0.368. The van der Waals surface area contributed by atoms with Gasteiger partial charge in [0.1, 0.15) is 0 Å². The number of aliphatic hydroxyl groups is 2. The molecule has 1 saturated carbocycles. The van der Waals surface area contributed by atoms with Crippen molar-refractivity contribution in [3.8, 4) is 11.8 Å². The van der Waals surface area contributed by atoms with E-state index < -0.39 is 42.9 Å². The van der Waals surface area contributed by atoms with Crippen LogP contribution in [0.1, 0.15) is 16.7 Å². The molecule has 31 heavy (non-hydrogen) atoms. The molecule has 0 spiro atoms. The summed E-state index contributed by atoms with van der Waals surface area (Å²) in [6, 6.07) is 2.41. The molecule has 2 aliphatic rings. The third kappa shape index (κ3) is 3.02. The van der Waals surface area contributed by atoms with Gasteiger partial charge in [0, 0.05) is 0 Å². The number of rotatable bonds is 3. The molecule has 3 aromatic heterocycles. The Hall–Kier alpha value is -2.34. The topological polar surface area (TPSA) is 125 Å². The maximum absolute atomic E-state index is 13.2. The maximum atomic E-state index is 13.2. The van der Waals surface area contributed by atoms with E-state index in [1.54, 1.807) is 24.0 Å². The van der Waals surface area contributed by atoms with Crippen LogP contribution >= 0.6 is 11.3 Å². The predicted molar refractivity (Wildman–Crippen MR) is 107 cm³/mol. The van der Waals surface area contributed by atoms with Crippen LogP contribution in [0, 0.1) is 17.0 Å². The molecule has 1 amide bonds. The number of carbonyl (C=O) groups excluding carboxylic acids is 1. The number of carbonyl (C=O) groups is 1. The summed E-state index contributed by atoms with van der Waals surface area (Å²) in [6.07, 6.45) is -0.703. The van der Waals surface area contributed by atoms with Gasteiger partial charge in [-0.05, 0) is 0 Å². The molecular formula is C19H17FIN6O3S-. The van der Waals surface area contributed by atoms with Gasteiger partial charge < -0.3 is 0 Å². The average Bonchev–Trinajstić information content (AvgIpc) is 3.02. The number of alkyl halides is 2. The first kappa shape index (κ1) is 20.6. The molecule has 4 heterocycles. The SMILES string of the molecule is CNC(=O)[C@@]12[I-][C@@H]1[C@@H](n1cnc3c(NC)nc(C#Cc4ccc(F)s4)nc31)C(O)C2O. The zero-order valence-corrected chi connectivity index (χ0v) is 19.3. The number of thiophene rings is 1. The Balaban J connectivity index is 1.58.